The Bertz CT molecular complexity index is 597. The van der Waals surface area contributed by atoms with Crippen LogP contribution in [0, 0.1) is 6.92 Å². The fourth-order valence-corrected chi connectivity index (χ4v) is 2.19. The Morgan fingerprint density at radius 2 is 1.68 bits per heavy atom. The maximum atomic E-state index is 12.4. The van der Waals surface area contributed by atoms with Crippen molar-refractivity contribution in [1.29, 1.82) is 0 Å². The highest BCUT2D eigenvalue weighted by Crippen LogP contribution is 2.20. The molecule has 0 unspecified atom stereocenters. The molecule has 0 spiro atoms. The number of hydrogen-bond acceptors (Lipinski definition) is 1. The Hall–Kier alpha value is -1.60. The number of ketones is 1. The van der Waals surface area contributed by atoms with E-state index in [1.165, 1.54) is 5.56 Å². The quantitative estimate of drug-likeness (QED) is 0.719. The van der Waals surface area contributed by atoms with Gasteiger partial charge in [0.1, 0.15) is 0 Å². The Balaban J connectivity index is 2.36. The summed E-state index contributed by atoms with van der Waals surface area (Å²) in [7, 11) is 0. The summed E-state index contributed by atoms with van der Waals surface area (Å²) in [5.41, 5.74) is 3.56. The first-order chi connectivity index (χ1) is 8.99. The van der Waals surface area contributed by atoms with Gasteiger partial charge in [-0.3, -0.25) is 4.79 Å². The molecule has 2 heteroatoms. The van der Waals surface area contributed by atoms with Gasteiger partial charge in [-0.05, 0) is 36.1 Å². The van der Waals surface area contributed by atoms with Crippen molar-refractivity contribution in [3.63, 3.8) is 0 Å². The number of hydrogen-bond donors (Lipinski definition) is 0. The molecule has 1 nitrogen and oxygen atoms in total. The standard InChI is InChI=1S/C17H17ClO/c1-11(2)13-5-7-14(8-6-13)17(19)16-10-15(18)9-4-12(16)3/h4-11H,1-3H3. The van der Waals surface area contributed by atoms with Gasteiger partial charge in [-0.15, -0.1) is 0 Å². The molecule has 2 rings (SSSR count). The molecule has 0 amide bonds. The van der Waals surface area contributed by atoms with Crippen molar-refractivity contribution < 1.29 is 4.79 Å². The zero-order valence-corrected chi connectivity index (χ0v) is 12.2. The first-order valence-electron chi connectivity index (χ1n) is 6.40. The molecule has 0 atom stereocenters. The molecule has 0 bridgehead atoms. The molecule has 2 aromatic rings. The second-order valence-electron chi connectivity index (χ2n) is 5.07. The molecular weight excluding hydrogens is 256 g/mol. The highest BCUT2D eigenvalue weighted by Gasteiger charge is 2.12. The number of carbonyl (C=O) groups is 1. The summed E-state index contributed by atoms with van der Waals surface area (Å²) in [6.45, 7) is 6.20. The first kappa shape index (κ1) is 13.8. The lowest BCUT2D eigenvalue weighted by molar-refractivity contribution is 0.103. The molecule has 0 N–H and O–H groups in total. The van der Waals surface area contributed by atoms with Gasteiger partial charge in [0.15, 0.2) is 5.78 Å². The van der Waals surface area contributed by atoms with Crippen molar-refractivity contribution >= 4 is 17.4 Å². The molecule has 0 aromatic heterocycles. The number of halogens is 1. The Labute approximate surface area is 119 Å². The summed E-state index contributed by atoms with van der Waals surface area (Å²) < 4.78 is 0. The van der Waals surface area contributed by atoms with E-state index in [0.717, 1.165) is 5.56 Å². The van der Waals surface area contributed by atoms with Gasteiger partial charge in [0.25, 0.3) is 0 Å². The molecule has 0 aliphatic heterocycles. The Morgan fingerprint density at radius 3 is 2.26 bits per heavy atom. The van der Waals surface area contributed by atoms with E-state index < -0.39 is 0 Å². The monoisotopic (exact) mass is 272 g/mol. The van der Waals surface area contributed by atoms with E-state index in [9.17, 15) is 4.79 Å². The third-order valence-electron chi connectivity index (χ3n) is 3.28. The Kier molecular flexibility index (Phi) is 4.06. The van der Waals surface area contributed by atoms with E-state index in [1.54, 1.807) is 12.1 Å². The van der Waals surface area contributed by atoms with Gasteiger partial charge in [0.05, 0.1) is 0 Å². The summed E-state index contributed by atoms with van der Waals surface area (Å²) in [5, 5.41) is 0.591. The van der Waals surface area contributed by atoms with Gasteiger partial charge in [-0.1, -0.05) is 55.8 Å². The van der Waals surface area contributed by atoms with Crippen molar-refractivity contribution in [3.8, 4) is 0 Å². The summed E-state index contributed by atoms with van der Waals surface area (Å²) in [6, 6.07) is 13.2. The zero-order chi connectivity index (χ0) is 14.0. The largest absolute Gasteiger partial charge is 0.289 e. The predicted octanol–water partition coefficient (Wildman–Crippen LogP) is 5.00. The van der Waals surface area contributed by atoms with E-state index in [2.05, 4.69) is 13.8 Å². The van der Waals surface area contributed by atoms with Gasteiger partial charge in [-0.25, -0.2) is 0 Å². The van der Waals surface area contributed by atoms with Crippen LogP contribution in [0.1, 0.15) is 46.8 Å². The second kappa shape index (κ2) is 5.58. The van der Waals surface area contributed by atoms with Crippen LogP contribution in [0.15, 0.2) is 42.5 Å². The van der Waals surface area contributed by atoms with Crippen LogP contribution in [0.25, 0.3) is 0 Å². The molecule has 0 fully saturated rings. The van der Waals surface area contributed by atoms with Crippen molar-refractivity contribution in [2.45, 2.75) is 26.7 Å². The SMILES string of the molecule is Cc1ccc(Cl)cc1C(=O)c1ccc(C(C)C)cc1. The van der Waals surface area contributed by atoms with Crippen LogP contribution in [0.3, 0.4) is 0 Å². The summed E-state index contributed by atoms with van der Waals surface area (Å²) in [6.07, 6.45) is 0. The third-order valence-corrected chi connectivity index (χ3v) is 3.52. The van der Waals surface area contributed by atoms with Gasteiger partial charge in [0, 0.05) is 16.1 Å². The van der Waals surface area contributed by atoms with Crippen LogP contribution in [-0.2, 0) is 0 Å². The molecule has 0 heterocycles. The minimum Gasteiger partial charge on any atom is -0.289 e. The van der Waals surface area contributed by atoms with Gasteiger partial charge < -0.3 is 0 Å². The lowest BCUT2D eigenvalue weighted by atomic mass is 9.96. The normalized spacial score (nSPS) is 10.8. The molecule has 0 aliphatic carbocycles. The minimum atomic E-state index is 0.0234. The van der Waals surface area contributed by atoms with Crippen molar-refractivity contribution in [2.75, 3.05) is 0 Å². The van der Waals surface area contributed by atoms with Gasteiger partial charge in [0.2, 0.25) is 0 Å². The summed E-state index contributed by atoms with van der Waals surface area (Å²) in [4.78, 5) is 12.4. The summed E-state index contributed by atoms with van der Waals surface area (Å²) >= 11 is 5.96. The molecule has 19 heavy (non-hydrogen) atoms. The van der Waals surface area contributed by atoms with Crippen molar-refractivity contribution in [1.82, 2.24) is 0 Å². The van der Waals surface area contributed by atoms with E-state index in [-0.39, 0.29) is 5.78 Å². The molecule has 2 aromatic carbocycles. The van der Waals surface area contributed by atoms with Crippen LogP contribution in [-0.4, -0.2) is 5.78 Å². The smallest absolute Gasteiger partial charge is 0.193 e. The van der Waals surface area contributed by atoms with E-state index in [0.29, 0.717) is 22.1 Å². The van der Waals surface area contributed by atoms with Crippen LogP contribution in [0.4, 0.5) is 0 Å². The fraction of sp³-hybridized carbons (Fsp3) is 0.235. The number of rotatable bonds is 3. The number of benzene rings is 2. The lowest BCUT2D eigenvalue weighted by Gasteiger charge is -2.08. The van der Waals surface area contributed by atoms with E-state index in [4.69, 9.17) is 11.6 Å². The van der Waals surface area contributed by atoms with Crippen LogP contribution < -0.4 is 0 Å². The first-order valence-corrected chi connectivity index (χ1v) is 6.77. The number of carbonyl (C=O) groups excluding carboxylic acids is 1. The van der Waals surface area contributed by atoms with Crippen LogP contribution in [0.5, 0.6) is 0 Å². The predicted molar refractivity (Wildman–Crippen MR) is 80.2 cm³/mol. The highest BCUT2D eigenvalue weighted by atomic mass is 35.5. The van der Waals surface area contributed by atoms with E-state index in [1.807, 2.05) is 37.3 Å². The van der Waals surface area contributed by atoms with E-state index >= 15 is 0 Å². The number of aryl methyl sites for hydroxylation is 1. The van der Waals surface area contributed by atoms with Crippen molar-refractivity contribution in [3.05, 3.63) is 69.7 Å². The minimum absolute atomic E-state index is 0.0234. The summed E-state index contributed by atoms with van der Waals surface area (Å²) in [5.74, 6) is 0.493. The zero-order valence-electron chi connectivity index (χ0n) is 11.4. The molecule has 0 radical (unpaired) electrons. The van der Waals surface area contributed by atoms with Crippen LogP contribution in [0.2, 0.25) is 5.02 Å². The molecule has 0 aliphatic rings. The maximum Gasteiger partial charge on any atom is 0.193 e. The third kappa shape index (κ3) is 3.05. The molecule has 0 saturated carbocycles. The average Bonchev–Trinajstić information content (AvgIpc) is 2.41. The second-order valence-corrected chi connectivity index (χ2v) is 5.50. The van der Waals surface area contributed by atoms with Gasteiger partial charge in [-0.2, -0.15) is 0 Å². The molecule has 0 saturated heterocycles. The average molecular weight is 273 g/mol. The Morgan fingerprint density at radius 1 is 1.05 bits per heavy atom. The maximum absolute atomic E-state index is 12.4. The van der Waals surface area contributed by atoms with Crippen LogP contribution >= 0.6 is 11.6 Å². The molecular formula is C17H17ClO. The topological polar surface area (TPSA) is 17.1 Å². The van der Waals surface area contributed by atoms with Crippen molar-refractivity contribution in [2.24, 2.45) is 0 Å². The fourth-order valence-electron chi connectivity index (χ4n) is 2.01. The lowest BCUT2D eigenvalue weighted by Crippen LogP contribution is -2.04. The highest BCUT2D eigenvalue weighted by molar-refractivity contribution is 6.31. The van der Waals surface area contributed by atoms with Gasteiger partial charge >= 0.3 is 0 Å². The molecule has 98 valence electrons.